The van der Waals surface area contributed by atoms with Gasteiger partial charge in [0, 0.05) is 12.7 Å². The molecule has 0 aliphatic rings. The Kier molecular flexibility index (Phi) is 5.40. The van der Waals surface area contributed by atoms with Crippen LogP contribution in [0.3, 0.4) is 0 Å². The summed E-state index contributed by atoms with van der Waals surface area (Å²) < 4.78 is 0. The van der Waals surface area contributed by atoms with Gasteiger partial charge in [0.05, 0.1) is 0 Å². The first-order valence-electron chi connectivity index (χ1n) is 3.89. The van der Waals surface area contributed by atoms with Gasteiger partial charge in [-0.15, -0.1) is 6.58 Å². The molecule has 0 radical (unpaired) electrons. The monoisotopic (exact) mass is 175 g/mol. The third kappa shape index (κ3) is 6.24. The van der Waals surface area contributed by atoms with Crippen LogP contribution in [0.1, 0.15) is 13.3 Å². The van der Waals surface area contributed by atoms with Crippen molar-refractivity contribution in [2.45, 2.75) is 19.4 Å². The zero-order valence-electron chi connectivity index (χ0n) is 7.01. The Labute approximate surface area is 69.0 Å². The van der Waals surface area contributed by atoms with E-state index in [0.717, 1.165) is 6.42 Å². The van der Waals surface area contributed by atoms with Crippen LogP contribution < -0.4 is 5.32 Å². The molecule has 0 heterocycles. The first kappa shape index (κ1) is 10.8. The molecule has 0 fully saturated rings. The molecule has 0 spiro atoms. The molecular weight excluding hydrogens is 158 g/mol. The first-order valence-corrected chi connectivity index (χ1v) is 6.19. The van der Waals surface area contributed by atoms with E-state index in [9.17, 15) is 9.59 Å². The Morgan fingerprint density at radius 3 is 2.64 bits per heavy atom. The van der Waals surface area contributed by atoms with Crippen LogP contribution in [0.5, 0.6) is 0 Å². The predicted molar refractivity (Wildman–Crippen MR) is 48.4 cm³/mol. The Morgan fingerprint density at radius 1 is 1.55 bits per heavy atom. The van der Waals surface area contributed by atoms with Gasteiger partial charge in [0.15, 0.2) is 0 Å². The summed E-state index contributed by atoms with van der Waals surface area (Å²) >= 11 is 0. The fraction of sp³-hybridized carbons (Fsp3) is 0.714. The molecule has 0 aliphatic heterocycles. The van der Waals surface area contributed by atoms with Crippen molar-refractivity contribution in [1.29, 1.82) is 0 Å². The zero-order chi connectivity index (χ0) is 8.74. The molecule has 66 valence electrons. The van der Waals surface area contributed by atoms with Crippen molar-refractivity contribution < 1.29 is 9.59 Å². The molecule has 0 atom stereocenters. The van der Waals surface area contributed by atoms with Crippen molar-refractivity contribution in [2.75, 3.05) is 12.7 Å². The first-order chi connectivity index (χ1) is 5.12. The van der Waals surface area contributed by atoms with Crippen molar-refractivity contribution in [1.82, 2.24) is 5.32 Å². The second-order valence-corrected chi connectivity index (χ2v) is 5.47. The van der Waals surface area contributed by atoms with Crippen molar-refractivity contribution >= 4 is 8.56 Å². The predicted octanol–water partition coefficient (Wildman–Crippen LogP) is 0.138. The van der Waals surface area contributed by atoms with E-state index in [0.29, 0.717) is 18.8 Å². The molecule has 0 aromatic carbocycles. The number of rotatable bonds is 6. The minimum absolute atomic E-state index is 0.340. The molecule has 0 aromatic rings. The Hall–Kier alpha value is -0.163. The van der Waals surface area contributed by atoms with Crippen LogP contribution in [0.25, 0.3) is 0 Å². The van der Waals surface area contributed by atoms with Gasteiger partial charge in [-0.25, -0.2) is 0 Å². The van der Waals surface area contributed by atoms with Crippen LogP contribution in [0, 0.1) is 0 Å². The molecule has 0 aliphatic carbocycles. The summed E-state index contributed by atoms with van der Waals surface area (Å²) in [5.41, 5.74) is 0. The molecule has 4 heteroatoms. The molecule has 0 bridgehead atoms. The van der Waals surface area contributed by atoms with E-state index in [1.54, 1.807) is 6.08 Å². The molecule has 0 saturated carbocycles. The fourth-order valence-electron chi connectivity index (χ4n) is 0.863. The molecule has 3 nitrogen and oxygen atoms in total. The maximum atomic E-state index is 9.34. The highest BCUT2D eigenvalue weighted by atomic mass is 28.4. The maximum absolute atomic E-state index is 9.34. The van der Waals surface area contributed by atoms with Crippen LogP contribution in [0.15, 0.2) is 12.7 Å². The zero-order valence-corrected chi connectivity index (χ0v) is 8.01. The highest BCUT2D eigenvalue weighted by Crippen LogP contribution is 2.02. The lowest BCUT2D eigenvalue weighted by Crippen LogP contribution is -2.46. The van der Waals surface area contributed by atoms with Gasteiger partial charge in [-0.1, -0.05) is 19.4 Å². The van der Waals surface area contributed by atoms with E-state index in [1.807, 2.05) is 6.92 Å². The second-order valence-electron chi connectivity index (χ2n) is 2.65. The quantitative estimate of drug-likeness (QED) is 0.306. The van der Waals surface area contributed by atoms with Crippen molar-refractivity contribution in [3.05, 3.63) is 12.7 Å². The topological polar surface area (TPSA) is 52.5 Å². The van der Waals surface area contributed by atoms with Gasteiger partial charge in [-0.05, 0) is 6.04 Å². The SMILES string of the molecule is C=CCNC[Si](O)(O)CCC. The largest absolute Gasteiger partial charge is 0.410 e. The van der Waals surface area contributed by atoms with Crippen molar-refractivity contribution in [2.24, 2.45) is 0 Å². The maximum Gasteiger partial charge on any atom is 0.346 e. The third-order valence-electron chi connectivity index (χ3n) is 1.35. The van der Waals surface area contributed by atoms with Crippen LogP contribution in [0.2, 0.25) is 6.04 Å². The fourth-order valence-corrected chi connectivity index (χ4v) is 2.39. The van der Waals surface area contributed by atoms with E-state index in [4.69, 9.17) is 0 Å². The smallest absolute Gasteiger partial charge is 0.346 e. The summed E-state index contributed by atoms with van der Waals surface area (Å²) in [5, 5.41) is 2.90. The van der Waals surface area contributed by atoms with Gasteiger partial charge >= 0.3 is 8.56 Å². The summed E-state index contributed by atoms with van der Waals surface area (Å²) in [6.45, 7) is 6.10. The van der Waals surface area contributed by atoms with Gasteiger partial charge in [0.2, 0.25) is 0 Å². The molecule has 0 unspecified atom stereocenters. The lowest BCUT2D eigenvalue weighted by molar-refractivity contribution is 0.352. The van der Waals surface area contributed by atoms with Crippen LogP contribution >= 0.6 is 0 Å². The van der Waals surface area contributed by atoms with Gasteiger partial charge in [0.1, 0.15) is 0 Å². The summed E-state index contributed by atoms with van der Waals surface area (Å²) in [7, 11) is -2.90. The van der Waals surface area contributed by atoms with E-state index < -0.39 is 8.56 Å². The normalized spacial score (nSPS) is 11.5. The summed E-state index contributed by atoms with van der Waals surface area (Å²) in [6, 6.07) is 0.539. The molecule has 0 aromatic heterocycles. The summed E-state index contributed by atoms with van der Waals surface area (Å²) in [4.78, 5) is 18.7. The average Bonchev–Trinajstić information content (AvgIpc) is 1.87. The van der Waals surface area contributed by atoms with Gasteiger partial charge < -0.3 is 14.9 Å². The lowest BCUT2D eigenvalue weighted by Gasteiger charge is -2.16. The van der Waals surface area contributed by atoms with Gasteiger partial charge in [0.25, 0.3) is 0 Å². The third-order valence-corrected chi connectivity index (χ3v) is 3.46. The second kappa shape index (κ2) is 5.48. The highest BCUT2D eigenvalue weighted by molar-refractivity contribution is 6.64. The van der Waals surface area contributed by atoms with E-state index >= 15 is 0 Å². The molecule has 0 amide bonds. The van der Waals surface area contributed by atoms with Crippen LogP contribution in [0.4, 0.5) is 0 Å². The minimum Gasteiger partial charge on any atom is -0.410 e. The van der Waals surface area contributed by atoms with E-state index in [-0.39, 0.29) is 0 Å². The van der Waals surface area contributed by atoms with E-state index in [1.165, 1.54) is 0 Å². The standard InChI is InChI=1S/C7H17NO2Si/c1-3-5-8-7-11(9,10)6-4-2/h3,8-10H,1,4-7H2,2H3. The average molecular weight is 175 g/mol. The summed E-state index contributed by atoms with van der Waals surface area (Å²) in [6.07, 6.45) is 2.87. The molecular formula is C7H17NO2Si. The van der Waals surface area contributed by atoms with Crippen LogP contribution in [-0.4, -0.2) is 30.9 Å². The van der Waals surface area contributed by atoms with E-state index in [2.05, 4.69) is 11.9 Å². The van der Waals surface area contributed by atoms with Gasteiger partial charge in [-0.3, -0.25) is 0 Å². The molecule has 3 N–H and O–H groups in total. The van der Waals surface area contributed by atoms with Gasteiger partial charge in [-0.2, -0.15) is 0 Å². The number of hydrogen-bond acceptors (Lipinski definition) is 3. The van der Waals surface area contributed by atoms with Crippen molar-refractivity contribution in [3.8, 4) is 0 Å². The molecule has 0 saturated heterocycles. The Bertz CT molecular complexity index is 117. The number of hydrogen-bond donors (Lipinski definition) is 3. The molecule has 11 heavy (non-hydrogen) atoms. The Balaban J connectivity index is 3.45. The molecule has 0 rings (SSSR count). The van der Waals surface area contributed by atoms with Crippen LogP contribution in [-0.2, 0) is 0 Å². The number of nitrogens with one attached hydrogen (secondary N) is 1. The Morgan fingerprint density at radius 2 is 2.18 bits per heavy atom. The minimum atomic E-state index is -2.90. The lowest BCUT2D eigenvalue weighted by atomic mass is 10.6. The summed E-state index contributed by atoms with van der Waals surface area (Å²) in [5.74, 6) is 0. The highest BCUT2D eigenvalue weighted by Gasteiger charge is 2.26. The van der Waals surface area contributed by atoms with Crippen molar-refractivity contribution in [3.63, 3.8) is 0 Å².